The van der Waals surface area contributed by atoms with Crippen LogP contribution in [0.4, 0.5) is 17.1 Å². The van der Waals surface area contributed by atoms with Crippen LogP contribution in [0.1, 0.15) is 5.56 Å². The van der Waals surface area contributed by atoms with Crippen molar-refractivity contribution in [3.63, 3.8) is 0 Å². The molecule has 33 heavy (non-hydrogen) atoms. The second kappa shape index (κ2) is 7.86. The summed E-state index contributed by atoms with van der Waals surface area (Å²) < 4.78 is 5.38. The number of nitro groups is 1. The molecule has 9 heteroatoms. The predicted octanol–water partition coefficient (Wildman–Crippen LogP) is 3.39. The molecule has 2 atom stereocenters. The standard InChI is InChI=1S/C24H18N4O5/c1-33-19-10-6-5-9-18(19)26-23(29)20-21(15-11-13-17(14-12-15)28(31)32)25-27(22(20)24(26)30)16-7-3-2-4-8-16/h2-14,20,22H,1H3/t20-,22+/m1/s1. The van der Waals surface area contributed by atoms with Crippen LogP contribution in [0.5, 0.6) is 5.75 Å². The van der Waals surface area contributed by atoms with E-state index in [1.54, 1.807) is 41.4 Å². The first-order valence-electron chi connectivity index (χ1n) is 10.2. The summed E-state index contributed by atoms with van der Waals surface area (Å²) in [6.07, 6.45) is 0. The van der Waals surface area contributed by atoms with E-state index in [4.69, 9.17) is 4.74 Å². The quantitative estimate of drug-likeness (QED) is 0.341. The minimum Gasteiger partial charge on any atom is -0.495 e. The largest absolute Gasteiger partial charge is 0.495 e. The van der Waals surface area contributed by atoms with Gasteiger partial charge in [-0.2, -0.15) is 5.10 Å². The number of nitrogens with zero attached hydrogens (tertiary/aromatic N) is 4. The lowest BCUT2D eigenvalue weighted by Crippen LogP contribution is -2.39. The van der Waals surface area contributed by atoms with Crippen LogP contribution in [-0.2, 0) is 9.59 Å². The minimum atomic E-state index is -0.880. The zero-order chi connectivity index (χ0) is 23.1. The highest BCUT2D eigenvalue weighted by Gasteiger charge is 2.57. The molecule has 0 saturated carbocycles. The fraction of sp³-hybridized carbons (Fsp3) is 0.125. The lowest BCUT2D eigenvalue weighted by molar-refractivity contribution is -0.384. The summed E-state index contributed by atoms with van der Waals surface area (Å²) >= 11 is 0. The number of carbonyl (C=O) groups is 2. The maximum atomic E-state index is 13.6. The molecule has 2 amide bonds. The average molecular weight is 442 g/mol. The number of hydrogen-bond acceptors (Lipinski definition) is 7. The molecule has 2 aliphatic rings. The molecule has 2 aliphatic heterocycles. The summed E-state index contributed by atoms with van der Waals surface area (Å²) in [6, 6.07) is 20.9. The molecule has 0 aliphatic carbocycles. The maximum absolute atomic E-state index is 13.6. The fourth-order valence-corrected chi connectivity index (χ4v) is 4.25. The number of non-ortho nitro benzene ring substituents is 1. The van der Waals surface area contributed by atoms with E-state index < -0.39 is 28.7 Å². The van der Waals surface area contributed by atoms with E-state index in [0.717, 1.165) is 4.90 Å². The summed E-state index contributed by atoms with van der Waals surface area (Å²) in [7, 11) is 1.48. The molecule has 0 N–H and O–H groups in total. The number of nitro benzene ring substituents is 1. The first-order chi connectivity index (χ1) is 16.0. The number of rotatable bonds is 5. The Morgan fingerprint density at radius 2 is 1.58 bits per heavy atom. The van der Waals surface area contributed by atoms with Gasteiger partial charge in [0.15, 0.2) is 0 Å². The van der Waals surface area contributed by atoms with E-state index in [1.807, 2.05) is 30.3 Å². The number of amides is 2. The topological polar surface area (TPSA) is 105 Å². The normalized spacial score (nSPS) is 19.5. The molecule has 1 fully saturated rings. The van der Waals surface area contributed by atoms with Crippen molar-refractivity contribution >= 4 is 34.6 Å². The smallest absolute Gasteiger partial charge is 0.269 e. The van der Waals surface area contributed by atoms with Crippen LogP contribution in [0.15, 0.2) is 84.0 Å². The van der Waals surface area contributed by atoms with Crippen molar-refractivity contribution in [3.8, 4) is 5.75 Å². The van der Waals surface area contributed by atoms with Gasteiger partial charge in [0.05, 0.1) is 29.1 Å². The van der Waals surface area contributed by atoms with Crippen LogP contribution in [0.25, 0.3) is 0 Å². The molecule has 5 rings (SSSR count). The monoisotopic (exact) mass is 442 g/mol. The minimum absolute atomic E-state index is 0.0710. The van der Waals surface area contributed by atoms with Crippen molar-refractivity contribution in [1.29, 1.82) is 0 Å². The number of ether oxygens (including phenoxy) is 1. The van der Waals surface area contributed by atoms with Crippen molar-refractivity contribution in [1.82, 2.24) is 0 Å². The number of imide groups is 1. The number of hydrazone groups is 1. The summed E-state index contributed by atoms with van der Waals surface area (Å²) in [5.41, 5.74) is 1.87. The molecular formula is C24H18N4O5. The van der Waals surface area contributed by atoms with E-state index in [1.165, 1.54) is 19.2 Å². The highest BCUT2D eigenvalue weighted by atomic mass is 16.6. The van der Waals surface area contributed by atoms with E-state index in [0.29, 0.717) is 28.4 Å². The van der Waals surface area contributed by atoms with Gasteiger partial charge in [-0.05, 0) is 42.0 Å². The van der Waals surface area contributed by atoms with E-state index in [9.17, 15) is 19.7 Å². The average Bonchev–Trinajstić information content (AvgIpc) is 3.36. The molecule has 3 aromatic rings. The Bertz CT molecular complexity index is 1290. The van der Waals surface area contributed by atoms with Gasteiger partial charge in [0.25, 0.3) is 11.6 Å². The fourth-order valence-electron chi connectivity index (χ4n) is 4.25. The molecule has 0 spiro atoms. The van der Waals surface area contributed by atoms with Crippen molar-refractivity contribution < 1.29 is 19.2 Å². The first-order valence-corrected chi connectivity index (χ1v) is 10.2. The molecule has 0 radical (unpaired) electrons. The van der Waals surface area contributed by atoms with Crippen molar-refractivity contribution in [2.75, 3.05) is 17.0 Å². The molecule has 0 unspecified atom stereocenters. The second-order valence-corrected chi connectivity index (χ2v) is 7.58. The maximum Gasteiger partial charge on any atom is 0.269 e. The zero-order valence-electron chi connectivity index (χ0n) is 17.5. The lowest BCUT2D eigenvalue weighted by atomic mass is 9.92. The molecule has 0 aromatic heterocycles. The number of hydrogen-bond donors (Lipinski definition) is 0. The van der Waals surface area contributed by atoms with Gasteiger partial charge in [-0.1, -0.05) is 30.3 Å². The summed E-state index contributed by atoms with van der Waals surface area (Å²) in [5.74, 6) is -1.31. The summed E-state index contributed by atoms with van der Waals surface area (Å²) in [4.78, 5) is 39.0. The Hall–Kier alpha value is -4.53. The second-order valence-electron chi connectivity index (χ2n) is 7.58. The first kappa shape index (κ1) is 20.4. The van der Waals surface area contributed by atoms with Crippen LogP contribution in [-0.4, -0.2) is 35.6 Å². The van der Waals surface area contributed by atoms with Gasteiger partial charge in [-0.15, -0.1) is 0 Å². The summed E-state index contributed by atoms with van der Waals surface area (Å²) in [5, 5.41) is 17.3. The molecule has 164 valence electrons. The molecule has 2 heterocycles. The van der Waals surface area contributed by atoms with E-state index >= 15 is 0 Å². The Labute approximate surface area is 188 Å². The third-order valence-electron chi connectivity index (χ3n) is 5.77. The highest BCUT2D eigenvalue weighted by Crippen LogP contribution is 2.41. The Morgan fingerprint density at radius 3 is 2.24 bits per heavy atom. The van der Waals surface area contributed by atoms with Gasteiger partial charge in [0.2, 0.25) is 5.91 Å². The van der Waals surface area contributed by atoms with Crippen molar-refractivity contribution in [2.24, 2.45) is 11.0 Å². The predicted molar refractivity (Wildman–Crippen MR) is 121 cm³/mol. The molecule has 0 bridgehead atoms. The molecule has 1 saturated heterocycles. The highest BCUT2D eigenvalue weighted by molar-refractivity contribution is 6.34. The van der Waals surface area contributed by atoms with Gasteiger partial charge in [0, 0.05) is 12.1 Å². The van der Waals surface area contributed by atoms with E-state index in [-0.39, 0.29) is 5.69 Å². The zero-order valence-corrected chi connectivity index (χ0v) is 17.5. The van der Waals surface area contributed by atoms with Gasteiger partial charge in [-0.25, -0.2) is 4.90 Å². The number of anilines is 2. The number of methoxy groups -OCH3 is 1. The Balaban J connectivity index is 1.63. The van der Waals surface area contributed by atoms with Gasteiger partial charge < -0.3 is 4.74 Å². The van der Waals surface area contributed by atoms with E-state index in [2.05, 4.69) is 5.10 Å². The van der Waals surface area contributed by atoms with Crippen molar-refractivity contribution in [3.05, 3.63) is 94.5 Å². The third kappa shape index (κ3) is 3.21. The van der Waals surface area contributed by atoms with Crippen LogP contribution >= 0.6 is 0 Å². The SMILES string of the molecule is COc1ccccc1N1C(=O)[C@@H]2C(c3ccc([N+](=O)[O-])cc3)=NN(c3ccccc3)[C@@H]2C1=O. The molecular weight excluding hydrogens is 424 g/mol. The number of carbonyl (C=O) groups excluding carboxylic acids is 2. The van der Waals surface area contributed by atoms with Crippen LogP contribution in [0, 0.1) is 16.0 Å². The number of para-hydroxylation sites is 3. The van der Waals surface area contributed by atoms with Crippen LogP contribution in [0.2, 0.25) is 0 Å². The Kier molecular flexibility index (Phi) is 4.86. The van der Waals surface area contributed by atoms with Gasteiger partial charge >= 0.3 is 0 Å². The lowest BCUT2D eigenvalue weighted by Gasteiger charge is -2.22. The number of fused-ring (bicyclic) bond motifs is 1. The summed E-state index contributed by atoms with van der Waals surface area (Å²) in [6.45, 7) is 0. The van der Waals surface area contributed by atoms with Crippen LogP contribution < -0.4 is 14.6 Å². The molecule has 3 aromatic carbocycles. The number of benzene rings is 3. The third-order valence-corrected chi connectivity index (χ3v) is 5.77. The van der Waals surface area contributed by atoms with Gasteiger partial charge in [0.1, 0.15) is 17.7 Å². The Morgan fingerprint density at radius 1 is 0.909 bits per heavy atom. The molecule has 9 nitrogen and oxygen atoms in total. The van der Waals surface area contributed by atoms with Crippen LogP contribution in [0.3, 0.4) is 0 Å². The van der Waals surface area contributed by atoms with Gasteiger partial charge in [-0.3, -0.25) is 24.7 Å². The van der Waals surface area contributed by atoms with Crippen molar-refractivity contribution in [2.45, 2.75) is 6.04 Å².